The number of carbonyl (C=O) groups excluding carboxylic acids is 1. The first-order valence-corrected chi connectivity index (χ1v) is 8.22. The fourth-order valence-electron chi connectivity index (χ4n) is 2.14. The van der Waals surface area contributed by atoms with Crippen LogP contribution in [0, 0.1) is 6.92 Å². The van der Waals surface area contributed by atoms with Crippen LogP contribution in [0.2, 0.25) is 10.0 Å². The summed E-state index contributed by atoms with van der Waals surface area (Å²) >= 11 is 12.2. The molecule has 2 rings (SSSR count). The molecule has 1 N–H and O–H groups in total. The fraction of sp³-hybridized carbons (Fsp3) is 0.278. The van der Waals surface area contributed by atoms with E-state index in [1.807, 2.05) is 25.1 Å². The highest BCUT2D eigenvalue weighted by molar-refractivity contribution is 6.36. The number of hydrogen-bond acceptors (Lipinski definition) is 3. The van der Waals surface area contributed by atoms with Crippen molar-refractivity contribution in [1.29, 1.82) is 0 Å². The average molecular weight is 368 g/mol. The SMILES string of the molecule is COCCOc1cc(C)ccc1NC(=O)Cc1c(Cl)cccc1Cl. The van der Waals surface area contributed by atoms with Gasteiger partial charge < -0.3 is 14.8 Å². The summed E-state index contributed by atoms with van der Waals surface area (Å²) in [4.78, 5) is 12.3. The van der Waals surface area contributed by atoms with Crippen molar-refractivity contribution in [2.75, 3.05) is 25.6 Å². The van der Waals surface area contributed by atoms with Gasteiger partial charge in [-0.15, -0.1) is 0 Å². The van der Waals surface area contributed by atoms with Crippen molar-refractivity contribution in [3.8, 4) is 5.75 Å². The second kappa shape index (κ2) is 8.92. The minimum atomic E-state index is -0.217. The molecule has 128 valence electrons. The van der Waals surface area contributed by atoms with Crippen LogP contribution in [-0.2, 0) is 16.0 Å². The van der Waals surface area contributed by atoms with Crippen molar-refractivity contribution in [3.05, 3.63) is 57.6 Å². The standard InChI is InChI=1S/C18H19Cl2NO3/c1-12-6-7-16(17(10-12)24-9-8-23-2)21-18(22)11-13-14(19)4-3-5-15(13)20/h3-7,10H,8-9,11H2,1-2H3,(H,21,22). The molecule has 0 fully saturated rings. The Labute approximate surface area is 151 Å². The number of anilines is 1. The van der Waals surface area contributed by atoms with Gasteiger partial charge in [-0.2, -0.15) is 0 Å². The number of nitrogens with one attached hydrogen (secondary N) is 1. The van der Waals surface area contributed by atoms with Gasteiger partial charge in [-0.25, -0.2) is 0 Å². The van der Waals surface area contributed by atoms with Gasteiger partial charge in [0, 0.05) is 17.2 Å². The lowest BCUT2D eigenvalue weighted by atomic mass is 10.1. The number of amides is 1. The zero-order valence-corrected chi connectivity index (χ0v) is 15.1. The summed E-state index contributed by atoms with van der Waals surface area (Å²) in [5, 5.41) is 3.79. The van der Waals surface area contributed by atoms with Gasteiger partial charge in [0.15, 0.2) is 0 Å². The molecule has 24 heavy (non-hydrogen) atoms. The van der Waals surface area contributed by atoms with Crippen molar-refractivity contribution >= 4 is 34.8 Å². The quantitative estimate of drug-likeness (QED) is 0.732. The molecule has 0 radical (unpaired) electrons. The van der Waals surface area contributed by atoms with Gasteiger partial charge in [0.25, 0.3) is 0 Å². The number of halogens is 2. The van der Waals surface area contributed by atoms with E-state index in [9.17, 15) is 4.79 Å². The summed E-state index contributed by atoms with van der Waals surface area (Å²) in [6.07, 6.45) is 0.0872. The Balaban J connectivity index is 2.11. The zero-order valence-electron chi connectivity index (χ0n) is 13.6. The van der Waals surface area contributed by atoms with Crippen LogP contribution in [0.3, 0.4) is 0 Å². The van der Waals surface area contributed by atoms with Crippen molar-refractivity contribution in [1.82, 2.24) is 0 Å². The summed E-state index contributed by atoms with van der Waals surface area (Å²) in [5.41, 5.74) is 2.24. The van der Waals surface area contributed by atoms with Crippen LogP contribution in [0.1, 0.15) is 11.1 Å². The Morgan fingerprint density at radius 1 is 1.12 bits per heavy atom. The van der Waals surface area contributed by atoms with Gasteiger partial charge >= 0.3 is 0 Å². The Kier molecular flexibility index (Phi) is 6.91. The Bertz CT molecular complexity index is 699. The number of carbonyl (C=O) groups is 1. The number of benzene rings is 2. The maximum atomic E-state index is 12.3. The molecule has 0 aliphatic heterocycles. The van der Waals surface area contributed by atoms with Crippen LogP contribution in [0.4, 0.5) is 5.69 Å². The highest BCUT2D eigenvalue weighted by atomic mass is 35.5. The lowest BCUT2D eigenvalue weighted by Gasteiger charge is -2.14. The number of ether oxygens (including phenoxy) is 2. The van der Waals surface area contributed by atoms with Crippen LogP contribution in [0.5, 0.6) is 5.75 Å². The van der Waals surface area contributed by atoms with E-state index < -0.39 is 0 Å². The number of rotatable bonds is 7. The smallest absolute Gasteiger partial charge is 0.229 e. The summed E-state index contributed by atoms with van der Waals surface area (Å²) in [7, 11) is 1.61. The van der Waals surface area contributed by atoms with Crippen LogP contribution in [-0.4, -0.2) is 26.2 Å². The molecule has 0 saturated heterocycles. The van der Waals surface area contributed by atoms with Crippen LogP contribution in [0.25, 0.3) is 0 Å². The van der Waals surface area contributed by atoms with Gasteiger partial charge in [0.05, 0.1) is 18.7 Å². The minimum absolute atomic E-state index is 0.0872. The van der Waals surface area contributed by atoms with Gasteiger partial charge in [0.2, 0.25) is 5.91 Å². The summed E-state index contributed by atoms with van der Waals surface area (Å²) in [6.45, 7) is 2.83. The highest BCUT2D eigenvalue weighted by Crippen LogP contribution is 2.28. The van der Waals surface area contributed by atoms with Crippen LogP contribution < -0.4 is 10.1 Å². The van der Waals surface area contributed by atoms with Gasteiger partial charge in [-0.1, -0.05) is 35.3 Å². The lowest BCUT2D eigenvalue weighted by molar-refractivity contribution is -0.115. The molecule has 0 aliphatic rings. The molecule has 0 bridgehead atoms. The molecule has 0 aromatic heterocycles. The molecule has 0 aliphatic carbocycles. The second-order valence-corrected chi connectivity index (χ2v) is 6.08. The molecule has 0 unspecified atom stereocenters. The first kappa shape index (κ1) is 18.6. The molecule has 0 atom stereocenters. The van der Waals surface area contributed by atoms with Gasteiger partial charge in [-0.3, -0.25) is 4.79 Å². The molecule has 0 saturated carbocycles. The van der Waals surface area contributed by atoms with Crippen LogP contribution in [0.15, 0.2) is 36.4 Å². The van der Waals surface area contributed by atoms with Crippen molar-refractivity contribution in [2.24, 2.45) is 0 Å². The van der Waals surface area contributed by atoms with Crippen molar-refractivity contribution in [2.45, 2.75) is 13.3 Å². The van der Waals surface area contributed by atoms with Gasteiger partial charge in [-0.05, 0) is 42.3 Å². The van der Waals surface area contributed by atoms with E-state index in [1.165, 1.54) is 0 Å². The molecule has 2 aromatic rings. The lowest BCUT2D eigenvalue weighted by Crippen LogP contribution is -2.16. The highest BCUT2D eigenvalue weighted by Gasteiger charge is 2.13. The molecule has 0 spiro atoms. The Morgan fingerprint density at radius 3 is 2.50 bits per heavy atom. The van der Waals surface area contributed by atoms with Crippen molar-refractivity contribution < 1.29 is 14.3 Å². The third kappa shape index (κ3) is 5.13. The van der Waals surface area contributed by atoms with Crippen LogP contribution >= 0.6 is 23.2 Å². The maximum Gasteiger partial charge on any atom is 0.229 e. The fourth-order valence-corrected chi connectivity index (χ4v) is 2.67. The van der Waals surface area contributed by atoms with Crippen molar-refractivity contribution in [3.63, 3.8) is 0 Å². The number of methoxy groups -OCH3 is 1. The number of aryl methyl sites for hydroxylation is 1. The Hall–Kier alpha value is -1.75. The molecule has 0 heterocycles. The van der Waals surface area contributed by atoms with E-state index in [-0.39, 0.29) is 12.3 Å². The number of hydrogen-bond donors (Lipinski definition) is 1. The van der Waals surface area contributed by atoms with E-state index in [0.717, 1.165) is 5.56 Å². The normalized spacial score (nSPS) is 10.5. The third-order valence-electron chi connectivity index (χ3n) is 3.36. The largest absolute Gasteiger partial charge is 0.489 e. The molecular formula is C18H19Cl2NO3. The molecule has 4 nitrogen and oxygen atoms in total. The average Bonchev–Trinajstić information content (AvgIpc) is 2.54. The molecule has 1 amide bonds. The van der Waals surface area contributed by atoms with E-state index in [4.69, 9.17) is 32.7 Å². The molecule has 2 aromatic carbocycles. The minimum Gasteiger partial charge on any atom is -0.489 e. The summed E-state index contributed by atoms with van der Waals surface area (Å²) < 4.78 is 10.6. The first-order valence-electron chi connectivity index (χ1n) is 7.46. The van der Waals surface area contributed by atoms with E-state index in [1.54, 1.807) is 25.3 Å². The summed E-state index contributed by atoms with van der Waals surface area (Å²) in [6, 6.07) is 10.7. The maximum absolute atomic E-state index is 12.3. The predicted molar refractivity (Wildman–Crippen MR) is 97.3 cm³/mol. The summed E-state index contributed by atoms with van der Waals surface area (Å²) in [5.74, 6) is 0.385. The van der Waals surface area contributed by atoms with E-state index in [0.29, 0.717) is 40.3 Å². The van der Waals surface area contributed by atoms with E-state index >= 15 is 0 Å². The topological polar surface area (TPSA) is 47.6 Å². The predicted octanol–water partition coefficient (Wildman–Crippen LogP) is 4.51. The molecule has 6 heteroatoms. The monoisotopic (exact) mass is 367 g/mol. The van der Waals surface area contributed by atoms with Gasteiger partial charge in [0.1, 0.15) is 12.4 Å². The zero-order chi connectivity index (χ0) is 17.5. The third-order valence-corrected chi connectivity index (χ3v) is 4.06. The molecular weight excluding hydrogens is 349 g/mol. The Morgan fingerprint density at radius 2 is 1.83 bits per heavy atom. The first-order chi connectivity index (χ1) is 11.5. The van der Waals surface area contributed by atoms with E-state index in [2.05, 4.69) is 5.32 Å². The second-order valence-electron chi connectivity index (χ2n) is 5.27.